The monoisotopic (exact) mass is 472 g/mol. The average Bonchev–Trinajstić information content (AvgIpc) is 3.00. The number of benzene rings is 1. The maximum Gasteiger partial charge on any atom is 0.191 e. The molecule has 0 saturated heterocycles. The molecular weight excluding hydrogens is 443 g/mol. The standard InChI is InChI=1S/C19H28N4S.HI/c1-5-16-7-9-17(10-8-16)15(4)23-19(20-6-2)21-12-11-18-22-13-14(3)24-18;/h7-10,13,15H,5-6,11-12H2,1-4H3,(H2,20,21,23);1H. The Kier molecular flexibility index (Phi) is 10.0. The molecule has 138 valence electrons. The minimum atomic E-state index is 0. The van der Waals surface area contributed by atoms with Crippen LogP contribution >= 0.6 is 35.3 Å². The summed E-state index contributed by atoms with van der Waals surface area (Å²) >= 11 is 1.75. The molecule has 2 N–H and O–H groups in total. The van der Waals surface area contributed by atoms with Crippen LogP contribution < -0.4 is 10.6 Å². The number of aryl methyl sites for hydroxylation is 2. The molecule has 0 aliphatic rings. The molecule has 1 unspecified atom stereocenters. The Balaban J connectivity index is 0.00000312. The lowest BCUT2D eigenvalue weighted by Gasteiger charge is -2.18. The number of nitrogens with zero attached hydrogens (tertiary/aromatic N) is 2. The Hall–Kier alpha value is -1.15. The number of hydrogen-bond acceptors (Lipinski definition) is 3. The highest BCUT2D eigenvalue weighted by Gasteiger charge is 2.08. The third-order valence-electron chi connectivity index (χ3n) is 3.85. The Labute approximate surface area is 172 Å². The van der Waals surface area contributed by atoms with Crippen molar-refractivity contribution in [2.24, 2.45) is 4.99 Å². The number of aromatic nitrogens is 1. The summed E-state index contributed by atoms with van der Waals surface area (Å²) in [5.74, 6) is 0.859. The number of halogens is 1. The molecule has 0 spiro atoms. The van der Waals surface area contributed by atoms with E-state index in [9.17, 15) is 0 Å². The van der Waals surface area contributed by atoms with Crippen molar-refractivity contribution in [1.29, 1.82) is 0 Å². The summed E-state index contributed by atoms with van der Waals surface area (Å²) in [4.78, 5) is 10.3. The summed E-state index contributed by atoms with van der Waals surface area (Å²) in [5.41, 5.74) is 2.64. The first-order valence-corrected chi connectivity index (χ1v) is 9.49. The molecule has 0 saturated carbocycles. The number of aliphatic imine (C=N–C) groups is 1. The average molecular weight is 472 g/mol. The molecule has 0 aliphatic carbocycles. The van der Waals surface area contributed by atoms with Crippen LogP contribution in [-0.2, 0) is 12.8 Å². The Morgan fingerprint density at radius 1 is 1.24 bits per heavy atom. The number of thiazole rings is 1. The molecule has 4 nitrogen and oxygen atoms in total. The SMILES string of the molecule is CCNC(=NCCc1ncc(C)s1)NC(C)c1ccc(CC)cc1.I. The van der Waals surface area contributed by atoms with Gasteiger partial charge in [-0.2, -0.15) is 0 Å². The highest BCUT2D eigenvalue weighted by Crippen LogP contribution is 2.14. The summed E-state index contributed by atoms with van der Waals surface area (Å²) in [6, 6.07) is 9.00. The van der Waals surface area contributed by atoms with Gasteiger partial charge in [0.1, 0.15) is 0 Å². The highest BCUT2D eigenvalue weighted by atomic mass is 127. The predicted molar refractivity (Wildman–Crippen MR) is 119 cm³/mol. The summed E-state index contributed by atoms with van der Waals surface area (Å²) in [5, 5.41) is 7.95. The van der Waals surface area contributed by atoms with Crippen molar-refractivity contribution in [1.82, 2.24) is 15.6 Å². The van der Waals surface area contributed by atoms with Crippen LogP contribution in [0.25, 0.3) is 0 Å². The molecule has 1 aromatic carbocycles. The molecule has 6 heteroatoms. The lowest BCUT2D eigenvalue weighted by Crippen LogP contribution is -2.38. The molecule has 0 amide bonds. The van der Waals surface area contributed by atoms with Crippen molar-refractivity contribution in [2.75, 3.05) is 13.1 Å². The topological polar surface area (TPSA) is 49.3 Å². The van der Waals surface area contributed by atoms with Gasteiger partial charge in [-0.3, -0.25) is 4.99 Å². The maximum absolute atomic E-state index is 4.68. The fourth-order valence-corrected chi connectivity index (χ4v) is 3.21. The van der Waals surface area contributed by atoms with Gasteiger partial charge in [-0.15, -0.1) is 35.3 Å². The first kappa shape index (κ1) is 21.9. The largest absolute Gasteiger partial charge is 0.357 e. The fraction of sp³-hybridized carbons (Fsp3) is 0.474. The van der Waals surface area contributed by atoms with Gasteiger partial charge in [-0.25, -0.2) is 4.98 Å². The number of nitrogens with one attached hydrogen (secondary N) is 2. The first-order chi connectivity index (χ1) is 11.6. The van der Waals surface area contributed by atoms with Gasteiger partial charge < -0.3 is 10.6 Å². The van der Waals surface area contributed by atoms with Crippen LogP contribution in [0.2, 0.25) is 0 Å². The minimum Gasteiger partial charge on any atom is -0.357 e. The van der Waals surface area contributed by atoms with Gasteiger partial charge in [0.25, 0.3) is 0 Å². The van der Waals surface area contributed by atoms with Gasteiger partial charge in [-0.1, -0.05) is 31.2 Å². The molecule has 0 fully saturated rings. The van der Waals surface area contributed by atoms with E-state index < -0.39 is 0 Å². The second-order valence-electron chi connectivity index (χ2n) is 5.84. The lowest BCUT2D eigenvalue weighted by atomic mass is 10.1. The molecule has 25 heavy (non-hydrogen) atoms. The molecule has 2 rings (SSSR count). The van der Waals surface area contributed by atoms with E-state index >= 15 is 0 Å². The van der Waals surface area contributed by atoms with Crippen LogP contribution in [0, 0.1) is 6.92 Å². The van der Waals surface area contributed by atoms with E-state index in [0.29, 0.717) is 0 Å². The summed E-state index contributed by atoms with van der Waals surface area (Å²) in [6.45, 7) is 10.1. The lowest BCUT2D eigenvalue weighted by molar-refractivity contribution is 0.685. The third-order valence-corrected chi connectivity index (χ3v) is 4.82. The van der Waals surface area contributed by atoms with Crippen LogP contribution in [0.5, 0.6) is 0 Å². The number of guanidine groups is 1. The van der Waals surface area contributed by atoms with Crippen LogP contribution in [0.3, 0.4) is 0 Å². The molecule has 1 atom stereocenters. The van der Waals surface area contributed by atoms with Gasteiger partial charge in [0, 0.05) is 30.6 Å². The summed E-state index contributed by atoms with van der Waals surface area (Å²) in [6.07, 6.45) is 3.88. The van der Waals surface area contributed by atoms with E-state index in [0.717, 1.165) is 36.9 Å². The van der Waals surface area contributed by atoms with Crippen LogP contribution in [0.15, 0.2) is 35.5 Å². The van der Waals surface area contributed by atoms with Gasteiger partial charge in [0.15, 0.2) is 5.96 Å². The maximum atomic E-state index is 4.68. The zero-order chi connectivity index (χ0) is 17.4. The van der Waals surface area contributed by atoms with Crippen molar-refractivity contribution in [3.63, 3.8) is 0 Å². The van der Waals surface area contributed by atoms with Crippen molar-refractivity contribution >= 4 is 41.3 Å². The van der Waals surface area contributed by atoms with E-state index in [4.69, 9.17) is 0 Å². The van der Waals surface area contributed by atoms with Gasteiger partial charge in [0.2, 0.25) is 0 Å². The molecule has 2 aromatic rings. The van der Waals surface area contributed by atoms with E-state index in [1.165, 1.54) is 16.0 Å². The van der Waals surface area contributed by atoms with E-state index in [1.54, 1.807) is 11.3 Å². The van der Waals surface area contributed by atoms with E-state index in [1.807, 2.05) is 6.20 Å². The van der Waals surface area contributed by atoms with Gasteiger partial charge >= 0.3 is 0 Å². The van der Waals surface area contributed by atoms with Crippen LogP contribution in [0.4, 0.5) is 0 Å². The van der Waals surface area contributed by atoms with E-state index in [2.05, 4.69) is 72.6 Å². The Bertz CT molecular complexity index is 652. The molecule has 1 heterocycles. The van der Waals surface area contributed by atoms with Crippen molar-refractivity contribution in [2.45, 2.75) is 46.6 Å². The second kappa shape index (κ2) is 11.5. The van der Waals surface area contributed by atoms with Gasteiger partial charge in [-0.05, 0) is 38.3 Å². The third kappa shape index (κ3) is 7.32. The zero-order valence-electron chi connectivity index (χ0n) is 15.5. The molecule has 1 aromatic heterocycles. The predicted octanol–water partition coefficient (Wildman–Crippen LogP) is 4.49. The van der Waals surface area contributed by atoms with Gasteiger partial charge in [0.05, 0.1) is 11.0 Å². The van der Waals surface area contributed by atoms with Crippen molar-refractivity contribution in [3.05, 3.63) is 51.5 Å². The quantitative estimate of drug-likeness (QED) is 0.355. The Morgan fingerprint density at radius 3 is 2.52 bits per heavy atom. The van der Waals surface area contributed by atoms with Crippen LogP contribution in [0.1, 0.15) is 47.8 Å². The Morgan fingerprint density at radius 2 is 1.96 bits per heavy atom. The normalized spacial score (nSPS) is 12.4. The first-order valence-electron chi connectivity index (χ1n) is 8.67. The second-order valence-corrected chi connectivity index (χ2v) is 7.16. The summed E-state index contributed by atoms with van der Waals surface area (Å²) < 4.78 is 0. The fourth-order valence-electron chi connectivity index (χ4n) is 2.43. The highest BCUT2D eigenvalue weighted by molar-refractivity contribution is 14.0. The molecule has 0 radical (unpaired) electrons. The molecular formula is C19H29IN4S. The number of rotatable bonds is 7. The summed E-state index contributed by atoms with van der Waals surface area (Å²) in [7, 11) is 0. The molecule has 0 bridgehead atoms. The number of hydrogen-bond donors (Lipinski definition) is 2. The van der Waals surface area contributed by atoms with Crippen LogP contribution in [-0.4, -0.2) is 24.0 Å². The smallest absolute Gasteiger partial charge is 0.191 e. The van der Waals surface area contributed by atoms with E-state index in [-0.39, 0.29) is 30.0 Å². The van der Waals surface area contributed by atoms with Crippen molar-refractivity contribution < 1.29 is 0 Å². The molecule has 0 aliphatic heterocycles. The zero-order valence-corrected chi connectivity index (χ0v) is 18.7. The minimum absolute atomic E-state index is 0. The van der Waals surface area contributed by atoms with Crippen molar-refractivity contribution in [3.8, 4) is 0 Å².